The molecule has 108 valence electrons. The quantitative estimate of drug-likeness (QED) is 0.547. The van der Waals surface area contributed by atoms with E-state index in [0.717, 1.165) is 38.9 Å². The Balaban J connectivity index is 2.19. The van der Waals surface area contributed by atoms with Gasteiger partial charge < -0.3 is 20.8 Å². The second-order valence-electron chi connectivity index (χ2n) is 5.31. The lowest BCUT2D eigenvalue weighted by atomic mass is 9.99. The Bertz CT molecular complexity index is 210. The molecule has 18 heavy (non-hydrogen) atoms. The van der Waals surface area contributed by atoms with Gasteiger partial charge in [-0.25, -0.2) is 0 Å². The van der Waals surface area contributed by atoms with Gasteiger partial charge in [0.1, 0.15) is 0 Å². The Morgan fingerprint density at radius 2 is 1.89 bits per heavy atom. The first-order chi connectivity index (χ1) is 8.67. The minimum absolute atomic E-state index is 0.162. The van der Waals surface area contributed by atoms with Gasteiger partial charge in [-0.05, 0) is 45.8 Å². The molecule has 0 aromatic carbocycles. The zero-order valence-corrected chi connectivity index (χ0v) is 11.6. The molecule has 1 aliphatic heterocycles. The van der Waals surface area contributed by atoms with Crippen molar-refractivity contribution in [1.82, 2.24) is 9.80 Å². The maximum atomic E-state index is 8.93. The van der Waals surface area contributed by atoms with E-state index >= 15 is 0 Å². The van der Waals surface area contributed by atoms with Crippen LogP contribution in [-0.4, -0.2) is 78.0 Å². The highest BCUT2D eigenvalue weighted by Gasteiger charge is 2.22. The summed E-state index contributed by atoms with van der Waals surface area (Å²) in [5.41, 5.74) is 5.95. The summed E-state index contributed by atoms with van der Waals surface area (Å²) in [7, 11) is 0. The standard InChI is InChI=1S/C13H29N3O2/c1-12-11-13(14)3-6-16(12)5-2-4-15(7-9-17)8-10-18/h12-13,17-18H,2-11,14H2,1H3. The van der Waals surface area contributed by atoms with Crippen LogP contribution in [0, 0.1) is 0 Å². The van der Waals surface area contributed by atoms with E-state index in [1.807, 2.05) is 0 Å². The van der Waals surface area contributed by atoms with E-state index in [-0.39, 0.29) is 13.2 Å². The maximum Gasteiger partial charge on any atom is 0.0558 e. The molecule has 5 heteroatoms. The molecular weight excluding hydrogens is 230 g/mol. The summed E-state index contributed by atoms with van der Waals surface area (Å²) < 4.78 is 0. The Hall–Kier alpha value is -0.200. The van der Waals surface area contributed by atoms with Gasteiger partial charge in [-0.1, -0.05) is 0 Å². The minimum atomic E-state index is 0.162. The van der Waals surface area contributed by atoms with Crippen LogP contribution in [0.4, 0.5) is 0 Å². The molecule has 0 radical (unpaired) electrons. The first-order valence-electron chi connectivity index (χ1n) is 7.11. The van der Waals surface area contributed by atoms with Gasteiger partial charge in [0.15, 0.2) is 0 Å². The van der Waals surface area contributed by atoms with Crippen LogP contribution >= 0.6 is 0 Å². The van der Waals surface area contributed by atoms with Crippen LogP contribution in [0.2, 0.25) is 0 Å². The molecule has 5 nitrogen and oxygen atoms in total. The molecule has 0 saturated carbocycles. The van der Waals surface area contributed by atoms with Gasteiger partial charge in [0.2, 0.25) is 0 Å². The Morgan fingerprint density at radius 3 is 2.44 bits per heavy atom. The predicted octanol–water partition coefficient (Wildman–Crippen LogP) is -0.525. The van der Waals surface area contributed by atoms with Gasteiger partial charge in [0.05, 0.1) is 13.2 Å². The fourth-order valence-corrected chi connectivity index (χ4v) is 2.70. The summed E-state index contributed by atoms with van der Waals surface area (Å²) >= 11 is 0. The normalized spacial score (nSPS) is 25.8. The summed E-state index contributed by atoms with van der Waals surface area (Å²) in [5.74, 6) is 0. The lowest BCUT2D eigenvalue weighted by Gasteiger charge is -2.36. The largest absolute Gasteiger partial charge is 0.395 e. The molecule has 0 aliphatic carbocycles. The monoisotopic (exact) mass is 259 g/mol. The van der Waals surface area contributed by atoms with Gasteiger partial charge in [0, 0.05) is 25.2 Å². The number of hydrogen-bond donors (Lipinski definition) is 3. The molecule has 0 amide bonds. The summed E-state index contributed by atoms with van der Waals surface area (Å²) in [6.45, 7) is 7.00. The number of aliphatic hydroxyl groups excluding tert-OH is 2. The van der Waals surface area contributed by atoms with Crippen molar-refractivity contribution < 1.29 is 10.2 Å². The average molecular weight is 259 g/mol. The summed E-state index contributed by atoms with van der Waals surface area (Å²) in [4.78, 5) is 4.61. The fraction of sp³-hybridized carbons (Fsp3) is 1.00. The molecule has 0 aromatic rings. The predicted molar refractivity (Wildman–Crippen MR) is 73.5 cm³/mol. The molecular formula is C13H29N3O2. The van der Waals surface area contributed by atoms with Gasteiger partial charge in [-0.2, -0.15) is 0 Å². The van der Waals surface area contributed by atoms with Crippen LogP contribution in [0.3, 0.4) is 0 Å². The number of rotatable bonds is 8. The van der Waals surface area contributed by atoms with E-state index in [1.54, 1.807) is 0 Å². The van der Waals surface area contributed by atoms with E-state index in [2.05, 4.69) is 16.7 Å². The third kappa shape index (κ3) is 5.63. The topological polar surface area (TPSA) is 73.0 Å². The SMILES string of the molecule is CC1CC(N)CCN1CCCN(CCO)CCO. The Kier molecular flexibility index (Phi) is 7.77. The highest BCUT2D eigenvalue weighted by Crippen LogP contribution is 2.15. The van der Waals surface area contributed by atoms with Crippen molar-refractivity contribution in [3.8, 4) is 0 Å². The number of likely N-dealkylation sites (tertiary alicyclic amines) is 1. The van der Waals surface area contributed by atoms with Crippen molar-refractivity contribution in [3.63, 3.8) is 0 Å². The van der Waals surface area contributed by atoms with E-state index in [9.17, 15) is 0 Å². The molecule has 1 aliphatic rings. The van der Waals surface area contributed by atoms with E-state index in [1.165, 1.54) is 0 Å². The molecule has 1 saturated heterocycles. The van der Waals surface area contributed by atoms with Crippen LogP contribution in [0.5, 0.6) is 0 Å². The minimum Gasteiger partial charge on any atom is -0.395 e. The number of nitrogens with two attached hydrogens (primary N) is 1. The Morgan fingerprint density at radius 1 is 1.22 bits per heavy atom. The third-order valence-corrected chi connectivity index (χ3v) is 3.81. The van der Waals surface area contributed by atoms with Crippen LogP contribution in [0.25, 0.3) is 0 Å². The lowest BCUT2D eigenvalue weighted by Crippen LogP contribution is -2.46. The smallest absolute Gasteiger partial charge is 0.0558 e. The summed E-state index contributed by atoms with van der Waals surface area (Å²) in [6.07, 6.45) is 3.28. The first kappa shape index (κ1) is 15.9. The van der Waals surface area contributed by atoms with Gasteiger partial charge >= 0.3 is 0 Å². The molecule has 1 fully saturated rings. The molecule has 0 bridgehead atoms. The molecule has 0 spiro atoms. The van der Waals surface area contributed by atoms with E-state index in [4.69, 9.17) is 15.9 Å². The highest BCUT2D eigenvalue weighted by atomic mass is 16.3. The first-order valence-corrected chi connectivity index (χ1v) is 7.11. The molecule has 2 atom stereocenters. The summed E-state index contributed by atoms with van der Waals surface area (Å²) in [6, 6.07) is 0.953. The van der Waals surface area contributed by atoms with Crippen molar-refractivity contribution >= 4 is 0 Å². The lowest BCUT2D eigenvalue weighted by molar-refractivity contribution is 0.125. The Labute approximate surface area is 111 Å². The zero-order valence-electron chi connectivity index (χ0n) is 11.6. The van der Waals surface area contributed by atoms with Crippen LogP contribution in [-0.2, 0) is 0 Å². The molecule has 1 heterocycles. The number of aliphatic hydroxyl groups is 2. The van der Waals surface area contributed by atoms with Gasteiger partial charge in [0.25, 0.3) is 0 Å². The number of piperidine rings is 1. The third-order valence-electron chi connectivity index (χ3n) is 3.81. The zero-order chi connectivity index (χ0) is 13.4. The second kappa shape index (κ2) is 8.82. The molecule has 2 unspecified atom stereocenters. The van der Waals surface area contributed by atoms with Crippen molar-refractivity contribution in [1.29, 1.82) is 0 Å². The van der Waals surface area contributed by atoms with Crippen molar-refractivity contribution in [2.75, 3.05) is 45.9 Å². The van der Waals surface area contributed by atoms with E-state index < -0.39 is 0 Å². The van der Waals surface area contributed by atoms with E-state index in [0.29, 0.717) is 25.2 Å². The number of hydrogen-bond acceptors (Lipinski definition) is 5. The van der Waals surface area contributed by atoms with Crippen molar-refractivity contribution in [2.45, 2.75) is 38.3 Å². The van der Waals surface area contributed by atoms with Crippen molar-refractivity contribution in [3.05, 3.63) is 0 Å². The molecule has 4 N–H and O–H groups in total. The average Bonchev–Trinajstić information content (AvgIpc) is 2.32. The van der Waals surface area contributed by atoms with Crippen LogP contribution < -0.4 is 5.73 Å². The highest BCUT2D eigenvalue weighted by molar-refractivity contribution is 4.80. The second-order valence-corrected chi connectivity index (χ2v) is 5.31. The van der Waals surface area contributed by atoms with Gasteiger partial charge in [-0.3, -0.25) is 4.90 Å². The molecule has 0 aromatic heterocycles. The maximum absolute atomic E-state index is 8.93. The number of nitrogens with zero attached hydrogens (tertiary/aromatic N) is 2. The fourth-order valence-electron chi connectivity index (χ4n) is 2.70. The summed E-state index contributed by atoms with van der Waals surface area (Å²) in [5, 5.41) is 17.9. The molecule has 1 rings (SSSR count). The van der Waals surface area contributed by atoms with Crippen LogP contribution in [0.1, 0.15) is 26.2 Å². The van der Waals surface area contributed by atoms with Gasteiger partial charge in [-0.15, -0.1) is 0 Å². The van der Waals surface area contributed by atoms with Crippen molar-refractivity contribution in [2.24, 2.45) is 5.73 Å². The van der Waals surface area contributed by atoms with Crippen LogP contribution in [0.15, 0.2) is 0 Å².